The van der Waals surface area contributed by atoms with E-state index in [1.807, 2.05) is 49.4 Å². The molecule has 0 saturated heterocycles. The van der Waals surface area contributed by atoms with Crippen molar-refractivity contribution in [3.8, 4) is 22.5 Å². The Labute approximate surface area is 157 Å². The maximum absolute atomic E-state index is 12.0. The molecule has 3 aromatic rings. The number of carbonyl (C=O) groups is 1. The van der Waals surface area contributed by atoms with E-state index in [1.54, 1.807) is 6.20 Å². The highest BCUT2D eigenvalue weighted by Gasteiger charge is 2.20. The predicted molar refractivity (Wildman–Crippen MR) is 105 cm³/mol. The van der Waals surface area contributed by atoms with Gasteiger partial charge in [0.1, 0.15) is 7.11 Å². The molecule has 4 rings (SSSR count). The van der Waals surface area contributed by atoms with Crippen LogP contribution in [-0.2, 0) is 11.3 Å². The van der Waals surface area contributed by atoms with Gasteiger partial charge in [0.05, 0.1) is 17.0 Å². The maximum atomic E-state index is 12.0. The van der Waals surface area contributed by atoms with Crippen molar-refractivity contribution in [3.63, 3.8) is 0 Å². The monoisotopic (exact) mass is 360 g/mol. The molecule has 0 atom stereocenters. The minimum Gasteiger partial charge on any atom is -0.399 e. The van der Waals surface area contributed by atoms with Crippen molar-refractivity contribution in [2.75, 3.05) is 13.7 Å². The third-order valence-corrected chi connectivity index (χ3v) is 4.68. The summed E-state index contributed by atoms with van der Waals surface area (Å²) >= 11 is 0. The van der Waals surface area contributed by atoms with Crippen molar-refractivity contribution in [1.82, 2.24) is 15.3 Å². The Balaban J connectivity index is 1.71. The summed E-state index contributed by atoms with van der Waals surface area (Å²) in [5.74, 6) is -0.0198. The lowest BCUT2D eigenvalue weighted by Gasteiger charge is -2.11. The number of benzene rings is 1. The van der Waals surface area contributed by atoms with E-state index in [4.69, 9.17) is 4.84 Å². The van der Waals surface area contributed by atoms with Gasteiger partial charge in [0.25, 0.3) is 5.91 Å². The van der Waals surface area contributed by atoms with Crippen LogP contribution in [0.5, 0.6) is 0 Å². The largest absolute Gasteiger partial charge is 0.399 e. The summed E-state index contributed by atoms with van der Waals surface area (Å²) in [6, 6.07) is 13.9. The Morgan fingerprint density at radius 3 is 2.89 bits per heavy atom. The quantitative estimate of drug-likeness (QED) is 0.553. The first-order valence-corrected chi connectivity index (χ1v) is 8.81. The first-order valence-electron chi connectivity index (χ1n) is 8.81. The molecule has 1 aromatic carbocycles. The van der Waals surface area contributed by atoms with E-state index >= 15 is 0 Å². The van der Waals surface area contributed by atoms with E-state index in [0.29, 0.717) is 6.54 Å². The number of fused-ring (bicyclic) bond motifs is 1. The zero-order chi connectivity index (χ0) is 18.8. The second-order valence-electron chi connectivity index (χ2n) is 6.45. The molecule has 0 fully saturated rings. The highest BCUT2D eigenvalue weighted by molar-refractivity contribution is 5.99. The van der Waals surface area contributed by atoms with Gasteiger partial charge in [0.2, 0.25) is 0 Å². The van der Waals surface area contributed by atoms with Crippen LogP contribution in [0.1, 0.15) is 28.5 Å². The topological polar surface area (TPSA) is 79.4 Å². The number of nitrogens with one attached hydrogen (secondary N) is 2. The smallest absolute Gasteiger partial charge is 0.253 e. The van der Waals surface area contributed by atoms with E-state index in [-0.39, 0.29) is 5.91 Å². The molecule has 27 heavy (non-hydrogen) atoms. The number of nitrogens with zero attached hydrogens (tertiary/aromatic N) is 2. The summed E-state index contributed by atoms with van der Waals surface area (Å²) in [6.07, 6.45) is 2.60. The molecule has 1 aliphatic rings. The van der Waals surface area contributed by atoms with Crippen LogP contribution in [0.3, 0.4) is 0 Å². The Hall–Kier alpha value is -3.41. The molecular formula is C21H20N4O2. The molecule has 2 N–H and O–H groups in total. The van der Waals surface area contributed by atoms with Gasteiger partial charge in [-0.1, -0.05) is 23.4 Å². The third-order valence-electron chi connectivity index (χ3n) is 4.68. The van der Waals surface area contributed by atoms with Crippen molar-refractivity contribution in [2.45, 2.75) is 13.3 Å². The Morgan fingerprint density at radius 2 is 2.07 bits per heavy atom. The zero-order valence-corrected chi connectivity index (χ0v) is 15.2. The lowest BCUT2D eigenvalue weighted by atomic mass is 10.0. The van der Waals surface area contributed by atoms with E-state index in [2.05, 4.69) is 20.4 Å². The van der Waals surface area contributed by atoms with Crippen LogP contribution in [-0.4, -0.2) is 35.2 Å². The number of aromatic amines is 1. The SMILES string of the molecule is CO/N=C(/C)c1cccc(-c2cc(-c3cc4c([nH]3)CCNC4=O)ccn2)c1. The van der Waals surface area contributed by atoms with Gasteiger partial charge >= 0.3 is 0 Å². The number of amides is 1. The van der Waals surface area contributed by atoms with E-state index in [0.717, 1.165) is 51.5 Å². The number of carbonyl (C=O) groups excluding carboxylic acids is 1. The second-order valence-corrected chi connectivity index (χ2v) is 6.45. The van der Waals surface area contributed by atoms with E-state index < -0.39 is 0 Å². The Kier molecular flexibility index (Phi) is 4.46. The molecule has 0 unspecified atom stereocenters. The fraction of sp³-hybridized carbons (Fsp3) is 0.190. The van der Waals surface area contributed by atoms with Gasteiger partial charge in [0, 0.05) is 41.7 Å². The molecule has 136 valence electrons. The number of rotatable bonds is 4. The lowest BCUT2D eigenvalue weighted by molar-refractivity contribution is 0.0946. The molecule has 2 aromatic heterocycles. The molecule has 6 nitrogen and oxygen atoms in total. The van der Waals surface area contributed by atoms with E-state index in [9.17, 15) is 4.79 Å². The lowest BCUT2D eigenvalue weighted by Crippen LogP contribution is -2.31. The van der Waals surface area contributed by atoms with Crippen LogP contribution in [0.25, 0.3) is 22.5 Å². The van der Waals surface area contributed by atoms with Crippen molar-refractivity contribution in [3.05, 3.63) is 65.5 Å². The van der Waals surface area contributed by atoms with Gasteiger partial charge < -0.3 is 15.1 Å². The third kappa shape index (κ3) is 3.33. The molecule has 0 aliphatic carbocycles. The average Bonchev–Trinajstić information content (AvgIpc) is 3.14. The molecule has 0 spiro atoms. The summed E-state index contributed by atoms with van der Waals surface area (Å²) in [5.41, 5.74) is 7.27. The number of hydrogen-bond donors (Lipinski definition) is 2. The van der Waals surface area contributed by atoms with Crippen LogP contribution in [0.4, 0.5) is 0 Å². The predicted octanol–water partition coefficient (Wildman–Crippen LogP) is 3.40. The number of pyridine rings is 1. The van der Waals surface area contributed by atoms with Crippen LogP contribution in [0.2, 0.25) is 0 Å². The molecule has 0 bridgehead atoms. The first-order chi connectivity index (χ1) is 13.2. The standard InChI is InChI=1S/C21H20N4O2/c1-13(25-27-2)14-4-3-5-15(10-14)19-11-16(6-8-22-19)20-12-17-18(24-20)7-9-23-21(17)26/h3-6,8,10-12,24H,7,9H2,1-2H3,(H,23,26)/b25-13-. The minimum atomic E-state index is -0.0198. The minimum absolute atomic E-state index is 0.0198. The summed E-state index contributed by atoms with van der Waals surface area (Å²) in [5, 5.41) is 6.87. The van der Waals surface area contributed by atoms with Crippen molar-refractivity contribution >= 4 is 11.6 Å². The number of H-pyrrole nitrogens is 1. The van der Waals surface area contributed by atoms with Crippen LogP contribution < -0.4 is 5.32 Å². The van der Waals surface area contributed by atoms with Crippen LogP contribution in [0.15, 0.2) is 53.8 Å². The van der Waals surface area contributed by atoms with Crippen LogP contribution in [0, 0.1) is 0 Å². The highest BCUT2D eigenvalue weighted by atomic mass is 16.6. The molecule has 3 heterocycles. The summed E-state index contributed by atoms with van der Waals surface area (Å²) in [6.45, 7) is 2.57. The van der Waals surface area contributed by atoms with Gasteiger partial charge in [-0.15, -0.1) is 0 Å². The Bertz CT molecular complexity index is 1040. The van der Waals surface area contributed by atoms with Gasteiger partial charge in [0.15, 0.2) is 0 Å². The molecule has 6 heteroatoms. The molecule has 1 amide bonds. The number of aromatic nitrogens is 2. The Morgan fingerprint density at radius 1 is 1.19 bits per heavy atom. The number of oxime groups is 1. The molecule has 1 aliphatic heterocycles. The van der Waals surface area contributed by atoms with Gasteiger partial charge in [-0.05, 0) is 36.8 Å². The number of hydrogen-bond acceptors (Lipinski definition) is 4. The summed E-state index contributed by atoms with van der Waals surface area (Å²) < 4.78 is 0. The molecule has 0 saturated carbocycles. The van der Waals surface area contributed by atoms with Crippen LogP contribution >= 0.6 is 0 Å². The average molecular weight is 360 g/mol. The molecule has 0 radical (unpaired) electrons. The fourth-order valence-corrected chi connectivity index (χ4v) is 3.30. The van der Waals surface area contributed by atoms with Gasteiger partial charge in [-0.2, -0.15) is 0 Å². The normalized spacial score (nSPS) is 13.9. The summed E-state index contributed by atoms with van der Waals surface area (Å²) in [7, 11) is 1.54. The summed E-state index contributed by atoms with van der Waals surface area (Å²) in [4.78, 5) is 24.8. The van der Waals surface area contributed by atoms with Crippen molar-refractivity contribution in [1.29, 1.82) is 0 Å². The highest BCUT2D eigenvalue weighted by Crippen LogP contribution is 2.27. The molecular weight excluding hydrogens is 340 g/mol. The van der Waals surface area contributed by atoms with E-state index in [1.165, 1.54) is 7.11 Å². The first kappa shape index (κ1) is 17.0. The fourth-order valence-electron chi connectivity index (χ4n) is 3.30. The van der Waals surface area contributed by atoms with Gasteiger partial charge in [-0.25, -0.2) is 0 Å². The van der Waals surface area contributed by atoms with Gasteiger partial charge in [-0.3, -0.25) is 9.78 Å². The zero-order valence-electron chi connectivity index (χ0n) is 15.2. The van der Waals surface area contributed by atoms with Crippen molar-refractivity contribution < 1.29 is 9.63 Å². The van der Waals surface area contributed by atoms with Crippen molar-refractivity contribution in [2.24, 2.45) is 5.16 Å². The maximum Gasteiger partial charge on any atom is 0.253 e. The second kappa shape index (κ2) is 7.07.